The maximum absolute atomic E-state index is 6.27. The van der Waals surface area contributed by atoms with Gasteiger partial charge >= 0.3 is 0 Å². The van der Waals surface area contributed by atoms with Gasteiger partial charge in [0.15, 0.2) is 0 Å². The number of hydrogen-bond donors (Lipinski definition) is 2. The number of nitrogens with one attached hydrogen (secondary N) is 2. The van der Waals surface area contributed by atoms with Gasteiger partial charge in [-0.15, -0.1) is 0 Å². The molecule has 2 unspecified atom stereocenters. The highest BCUT2D eigenvalue weighted by atomic mass is 31.3. The average Bonchev–Trinajstić information content (AvgIpc) is 2.75. The van der Waals surface area contributed by atoms with E-state index < -0.39 is 22.4 Å². The molecule has 2 saturated heterocycles. The van der Waals surface area contributed by atoms with Gasteiger partial charge in [-0.1, -0.05) is 60.7 Å². The molecule has 0 saturated carbocycles. The summed E-state index contributed by atoms with van der Waals surface area (Å²) in [6.07, 6.45) is 1.93. The van der Waals surface area contributed by atoms with Crippen molar-refractivity contribution in [2.45, 2.75) is 12.8 Å². The van der Waals surface area contributed by atoms with E-state index in [0.29, 0.717) is 13.2 Å². The Morgan fingerprint density at radius 2 is 1.14 bits per heavy atom. The van der Waals surface area contributed by atoms with Crippen LogP contribution in [0.3, 0.4) is 0 Å². The quantitative estimate of drug-likeness (QED) is 0.672. The van der Waals surface area contributed by atoms with Crippen LogP contribution in [-0.4, -0.2) is 26.3 Å². The zero-order chi connectivity index (χ0) is 18.9. The minimum absolute atomic E-state index is 0.664. The molecule has 7 nitrogen and oxygen atoms in total. The molecule has 0 amide bonds. The standard InChI is InChI=1S/C18H24N5O2P3/c1-3-9-17(10-4-1)26(18-11-5-2-6-12-18)21-27(19-13-7-15-24-27)23-28(22-26)20-14-8-16-25-28/h1-6,9-12,19-20H,7-8,13-16H2. The van der Waals surface area contributed by atoms with Gasteiger partial charge in [0.2, 0.25) is 0 Å². The largest absolute Gasteiger partial charge is 0.316 e. The lowest BCUT2D eigenvalue weighted by molar-refractivity contribution is 0.301. The third-order valence-electron chi connectivity index (χ3n) is 4.80. The molecule has 10 heteroatoms. The van der Waals surface area contributed by atoms with Crippen LogP contribution in [0.25, 0.3) is 0 Å². The lowest BCUT2D eigenvalue weighted by Crippen LogP contribution is -2.27. The second kappa shape index (κ2) is 7.66. The summed E-state index contributed by atoms with van der Waals surface area (Å²) in [6, 6.07) is 20.8. The molecule has 2 spiro atoms. The normalized spacial score (nSPS) is 31.6. The van der Waals surface area contributed by atoms with Crippen LogP contribution in [0.4, 0.5) is 0 Å². The summed E-state index contributed by atoms with van der Waals surface area (Å²) in [5.41, 5.74) is 0. The molecule has 0 bridgehead atoms. The predicted molar refractivity (Wildman–Crippen MR) is 117 cm³/mol. The van der Waals surface area contributed by atoms with Crippen molar-refractivity contribution < 1.29 is 9.05 Å². The van der Waals surface area contributed by atoms with E-state index in [1.165, 1.54) is 0 Å². The van der Waals surface area contributed by atoms with Crippen molar-refractivity contribution in [3.8, 4) is 0 Å². The Morgan fingerprint density at radius 3 is 1.61 bits per heavy atom. The maximum Gasteiger partial charge on any atom is 0.278 e. The summed E-state index contributed by atoms with van der Waals surface area (Å²) >= 11 is 0. The molecular weight excluding hydrogens is 411 g/mol. The Kier molecular flexibility index (Phi) is 5.19. The van der Waals surface area contributed by atoms with Crippen molar-refractivity contribution in [3.05, 3.63) is 60.7 Å². The highest BCUT2D eigenvalue weighted by Crippen LogP contribution is 2.76. The van der Waals surface area contributed by atoms with Crippen molar-refractivity contribution in [2.75, 3.05) is 26.3 Å². The SMILES string of the molecule is c1ccc(P2(c3ccccc3)=NP3(=NP4(=N2)NCCCO4)NCCCO3)cc1. The number of rotatable bonds is 2. The molecule has 5 rings (SSSR count). The molecule has 2 fully saturated rings. The summed E-state index contributed by atoms with van der Waals surface area (Å²) in [4.78, 5) is 0. The van der Waals surface area contributed by atoms with E-state index in [-0.39, 0.29) is 0 Å². The van der Waals surface area contributed by atoms with Crippen LogP contribution in [0.2, 0.25) is 0 Å². The lowest BCUT2D eigenvalue weighted by atomic mass is 10.4. The summed E-state index contributed by atoms with van der Waals surface area (Å²) in [6.45, 7) is 3.03. The number of benzene rings is 2. The minimum atomic E-state index is -2.55. The molecule has 148 valence electrons. The van der Waals surface area contributed by atoms with E-state index >= 15 is 0 Å². The van der Waals surface area contributed by atoms with Crippen molar-refractivity contribution >= 4 is 33.0 Å². The Balaban J connectivity index is 1.86. The van der Waals surface area contributed by atoms with Crippen molar-refractivity contribution in [2.24, 2.45) is 13.5 Å². The Bertz CT molecular complexity index is 945. The van der Waals surface area contributed by atoms with E-state index in [4.69, 9.17) is 22.6 Å². The van der Waals surface area contributed by atoms with E-state index in [1.54, 1.807) is 0 Å². The maximum atomic E-state index is 6.27. The average molecular weight is 435 g/mol. The molecule has 2 aromatic carbocycles. The van der Waals surface area contributed by atoms with Crippen molar-refractivity contribution in [1.29, 1.82) is 0 Å². The highest BCUT2D eigenvalue weighted by Gasteiger charge is 2.42. The Labute approximate surface area is 165 Å². The second-order valence-electron chi connectivity index (χ2n) is 6.82. The molecule has 2 aromatic rings. The monoisotopic (exact) mass is 435 g/mol. The first-order valence-electron chi connectivity index (χ1n) is 9.57. The Morgan fingerprint density at radius 1 is 0.643 bits per heavy atom. The number of hydrogen-bond acceptors (Lipinski definition) is 7. The first-order chi connectivity index (χ1) is 13.7. The second-order valence-corrected chi connectivity index (χ2v) is 14.5. The van der Waals surface area contributed by atoms with Gasteiger partial charge in [0.25, 0.3) is 15.2 Å². The van der Waals surface area contributed by atoms with E-state index in [2.05, 4.69) is 58.7 Å². The highest BCUT2D eigenvalue weighted by molar-refractivity contribution is 7.90. The fourth-order valence-corrected chi connectivity index (χ4v) is 15.8. The topological polar surface area (TPSA) is 79.6 Å². The zero-order valence-corrected chi connectivity index (χ0v) is 18.2. The summed E-state index contributed by atoms with van der Waals surface area (Å²) in [5.74, 6) is 0. The van der Waals surface area contributed by atoms with Crippen LogP contribution in [-0.2, 0) is 9.05 Å². The van der Waals surface area contributed by atoms with Crippen molar-refractivity contribution in [1.82, 2.24) is 10.2 Å². The fourth-order valence-electron chi connectivity index (χ4n) is 3.49. The summed E-state index contributed by atoms with van der Waals surface area (Å²) < 4.78 is 28.3. The zero-order valence-electron chi connectivity index (χ0n) is 15.5. The first kappa shape index (κ1) is 19.0. The summed E-state index contributed by atoms with van der Waals surface area (Å²) in [5, 5.41) is 9.29. The van der Waals surface area contributed by atoms with Crippen LogP contribution in [0.1, 0.15) is 12.8 Å². The van der Waals surface area contributed by atoms with E-state index in [1.807, 2.05) is 12.1 Å². The molecule has 28 heavy (non-hydrogen) atoms. The smallest absolute Gasteiger partial charge is 0.278 e. The van der Waals surface area contributed by atoms with Gasteiger partial charge in [-0.05, 0) is 12.8 Å². The number of nitrogens with zero attached hydrogens (tertiary/aromatic N) is 3. The Hall–Kier alpha value is -1.03. The molecule has 0 aromatic heterocycles. The van der Waals surface area contributed by atoms with Crippen LogP contribution in [0.5, 0.6) is 0 Å². The first-order valence-corrected chi connectivity index (χ1v) is 14.5. The van der Waals surface area contributed by atoms with Gasteiger partial charge in [0.1, 0.15) is 7.21 Å². The molecule has 0 aliphatic carbocycles. The van der Waals surface area contributed by atoms with E-state index in [9.17, 15) is 0 Å². The molecule has 3 aliphatic rings. The predicted octanol–water partition coefficient (Wildman–Crippen LogP) is 4.68. The van der Waals surface area contributed by atoms with Gasteiger partial charge in [0.05, 0.1) is 13.2 Å². The summed E-state index contributed by atoms with van der Waals surface area (Å²) in [7, 11) is -7.59. The minimum Gasteiger partial charge on any atom is -0.316 e. The third kappa shape index (κ3) is 3.40. The van der Waals surface area contributed by atoms with Crippen LogP contribution < -0.4 is 20.8 Å². The van der Waals surface area contributed by atoms with Gasteiger partial charge < -0.3 is 9.05 Å². The van der Waals surface area contributed by atoms with E-state index in [0.717, 1.165) is 36.5 Å². The van der Waals surface area contributed by atoms with Crippen LogP contribution in [0, 0.1) is 0 Å². The van der Waals surface area contributed by atoms with Crippen LogP contribution in [0.15, 0.2) is 74.2 Å². The third-order valence-corrected chi connectivity index (χ3v) is 15.1. The van der Waals surface area contributed by atoms with Gasteiger partial charge in [-0.2, -0.15) is 13.5 Å². The molecule has 0 radical (unpaired) electrons. The lowest BCUT2D eigenvalue weighted by Gasteiger charge is -2.38. The van der Waals surface area contributed by atoms with Gasteiger partial charge in [-0.25, -0.2) is 10.2 Å². The van der Waals surface area contributed by atoms with Crippen LogP contribution >= 0.6 is 22.4 Å². The fraction of sp³-hybridized carbons (Fsp3) is 0.333. The van der Waals surface area contributed by atoms with Gasteiger partial charge in [-0.3, -0.25) is 0 Å². The molecule has 3 aliphatic heterocycles. The molecule has 2 atom stereocenters. The molecule has 2 N–H and O–H groups in total. The van der Waals surface area contributed by atoms with Gasteiger partial charge in [0, 0.05) is 23.7 Å². The molecular formula is C18H24N5O2P3. The molecule has 3 heterocycles. The van der Waals surface area contributed by atoms with Crippen molar-refractivity contribution in [3.63, 3.8) is 0 Å².